The lowest BCUT2D eigenvalue weighted by atomic mass is 9.84. The first-order valence-corrected chi connectivity index (χ1v) is 6.45. The predicted molar refractivity (Wildman–Crippen MR) is 69.8 cm³/mol. The van der Waals surface area contributed by atoms with Gasteiger partial charge in [0.1, 0.15) is 0 Å². The summed E-state index contributed by atoms with van der Waals surface area (Å²) in [6.07, 6.45) is 3.33. The fourth-order valence-corrected chi connectivity index (χ4v) is 2.31. The van der Waals surface area contributed by atoms with Gasteiger partial charge in [-0.2, -0.15) is 0 Å². The van der Waals surface area contributed by atoms with E-state index in [-0.39, 0.29) is 17.9 Å². The summed E-state index contributed by atoms with van der Waals surface area (Å²) < 4.78 is 0. The Kier molecular flexibility index (Phi) is 3.51. The molecule has 1 aliphatic carbocycles. The van der Waals surface area contributed by atoms with Gasteiger partial charge in [-0.25, -0.2) is 0 Å². The zero-order valence-corrected chi connectivity index (χ0v) is 10.9. The standard InChI is InChI=1S/C15H21NO/c1-10-7-8-11(2)14(9-10)12(3)16-15(17)13-5-4-6-13/h7-9,12-13H,4-6H2,1-3H3,(H,16,17). The van der Waals surface area contributed by atoms with Gasteiger partial charge < -0.3 is 5.32 Å². The molecular weight excluding hydrogens is 210 g/mol. The topological polar surface area (TPSA) is 29.1 Å². The normalized spacial score (nSPS) is 17.4. The van der Waals surface area contributed by atoms with E-state index < -0.39 is 0 Å². The van der Waals surface area contributed by atoms with Crippen molar-refractivity contribution >= 4 is 5.91 Å². The average Bonchev–Trinajstić information content (AvgIpc) is 2.18. The maximum absolute atomic E-state index is 11.9. The number of carbonyl (C=O) groups is 1. The molecule has 17 heavy (non-hydrogen) atoms. The number of benzene rings is 1. The van der Waals surface area contributed by atoms with Crippen molar-refractivity contribution in [3.05, 3.63) is 34.9 Å². The lowest BCUT2D eigenvalue weighted by molar-refractivity contribution is -0.128. The Balaban J connectivity index is 2.05. The summed E-state index contributed by atoms with van der Waals surface area (Å²) in [6.45, 7) is 6.25. The molecule has 1 N–H and O–H groups in total. The van der Waals surface area contributed by atoms with Gasteiger partial charge in [0.15, 0.2) is 0 Å². The first kappa shape index (κ1) is 12.2. The largest absolute Gasteiger partial charge is 0.349 e. The molecule has 1 unspecified atom stereocenters. The van der Waals surface area contributed by atoms with Crippen LogP contribution >= 0.6 is 0 Å². The number of rotatable bonds is 3. The van der Waals surface area contributed by atoms with Gasteiger partial charge in [0.25, 0.3) is 0 Å². The third-order valence-electron chi connectivity index (χ3n) is 3.74. The van der Waals surface area contributed by atoms with E-state index in [0.717, 1.165) is 12.8 Å². The average molecular weight is 231 g/mol. The van der Waals surface area contributed by atoms with Crippen LogP contribution in [0.2, 0.25) is 0 Å². The Morgan fingerprint density at radius 2 is 2.06 bits per heavy atom. The SMILES string of the molecule is Cc1ccc(C)c(C(C)NC(=O)C2CCC2)c1. The lowest BCUT2D eigenvalue weighted by Crippen LogP contribution is -2.36. The van der Waals surface area contributed by atoms with E-state index in [0.29, 0.717) is 0 Å². The molecule has 1 amide bonds. The highest BCUT2D eigenvalue weighted by atomic mass is 16.1. The lowest BCUT2D eigenvalue weighted by Gasteiger charge is -2.26. The molecule has 0 saturated heterocycles. The van der Waals surface area contributed by atoms with Crippen LogP contribution < -0.4 is 5.32 Å². The highest BCUT2D eigenvalue weighted by molar-refractivity contribution is 5.79. The van der Waals surface area contributed by atoms with Crippen LogP contribution in [0.25, 0.3) is 0 Å². The van der Waals surface area contributed by atoms with E-state index in [4.69, 9.17) is 0 Å². The van der Waals surface area contributed by atoms with Crippen LogP contribution in [0.3, 0.4) is 0 Å². The van der Waals surface area contributed by atoms with Crippen molar-refractivity contribution in [3.8, 4) is 0 Å². The third-order valence-corrected chi connectivity index (χ3v) is 3.74. The van der Waals surface area contributed by atoms with Gasteiger partial charge in [-0.3, -0.25) is 4.79 Å². The third kappa shape index (κ3) is 2.68. The Morgan fingerprint density at radius 1 is 1.35 bits per heavy atom. The van der Waals surface area contributed by atoms with E-state index in [1.54, 1.807) is 0 Å². The summed E-state index contributed by atoms with van der Waals surface area (Å²) in [6, 6.07) is 6.51. The predicted octanol–water partition coefficient (Wildman–Crippen LogP) is 3.28. The Labute approximate surface area is 103 Å². The van der Waals surface area contributed by atoms with Gasteiger partial charge in [-0.05, 0) is 44.7 Å². The molecule has 0 heterocycles. The molecule has 1 aliphatic rings. The minimum Gasteiger partial charge on any atom is -0.349 e. The minimum absolute atomic E-state index is 0.114. The quantitative estimate of drug-likeness (QED) is 0.849. The van der Waals surface area contributed by atoms with Gasteiger partial charge in [-0.15, -0.1) is 0 Å². The summed E-state index contributed by atoms with van der Waals surface area (Å²) >= 11 is 0. The maximum atomic E-state index is 11.9. The highest BCUT2D eigenvalue weighted by Gasteiger charge is 2.26. The molecule has 0 bridgehead atoms. The second kappa shape index (κ2) is 4.91. The van der Waals surface area contributed by atoms with Crippen LogP contribution in [-0.2, 0) is 4.79 Å². The molecule has 0 radical (unpaired) electrons. The fourth-order valence-electron chi connectivity index (χ4n) is 2.31. The summed E-state index contributed by atoms with van der Waals surface area (Å²) in [5.41, 5.74) is 3.73. The molecule has 2 heteroatoms. The van der Waals surface area contributed by atoms with Gasteiger partial charge >= 0.3 is 0 Å². The van der Waals surface area contributed by atoms with E-state index in [9.17, 15) is 4.79 Å². The smallest absolute Gasteiger partial charge is 0.223 e. The molecule has 1 aromatic rings. The van der Waals surface area contributed by atoms with Gasteiger partial charge in [-0.1, -0.05) is 30.2 Å². The van der Waals surface area contributed by atoms with Gasteiger partial charge in [0, 0.05) is 5.92 Å². The molecule has 0 aliphatic heterocycles. The number of nitrogens with one attached hydrogen (secondary N) is 1. The van der Waals surface area contributed by atoms with E-state index in [1.807, 2.05) is 0 Å². The van der Waals surface area contributed by atoms with Crippen molar-refractivity contribution in [1.82, 2.24) is 5.32 Å². The van der Waals surface area contributed by atoms with Crippen LogP contribution in [-0.4, -0.2) is 5.91 Å². The van der Waals surface area contributed by atoms with E-state index in [2.05, 4.69) is 44.3 Å². The van der Waals surface area contributed by atoms with Crippen LogP contribution in [0.5, 0.6) is 0 Å². The summed E-state index contributed by atoms with van der Waals surface area (Å²) in [5.74, 6) is 0.493. The second-order valence-electron chi connectivity index (χ2n) is 5.22. The molecular formula is C15H21NO. The van der Waals surface area contributed by atoms with Crippen molar-refractivity contribution < 1.29 is 4.79 Å². The van der Waals surface area contributed by atoms with Crippen molar-refractivity contribution in [1.29, 1.82) is 0 Å². The van der Waals surface area contributed by atoms with Crippen molar-refractivity contribution in [3.63, 3.8) is 0 Å². The monoisotopic (exact) mass is 231 g/mol. The molecule has 1 saturated carbocycles. The van der Waals surface area contributed by atoms with Crippen LogP contribution in [0.4, 0.5) is 0 Å². The van der Waals surface area contributed by atoms with Crippen LogP contribution in [0, 0.1) is 19.8 Å². The summed E-state index contributed by atoms with van der Waals surface area (Å²) in [4.78, 5) is 11.9. The Bertz CT molecular complexity index is 421. The molecule has 0 aromatic heterocycles. The Hall–Kier alpha value is -1.31. The van der Waals surface area contributed by atoms with Crippen LogP contribution in [0.1, 0.15) is 48.9 Å². The van der Waals surface area contributed by atoms with Crippen LogP contribution in [0.15, 0.2) is 18.2 Å². The number of carbonyl (C=O) groups excluding carboxylic acids is 1. The molecule has 1 aromatic carbocycles. The first-order valence-electron chi connectivity index (χ1n) is 6.45. The fraction of sp³-hybridized carbons (Fsp3) is 0.533. The minimum atomic E-state index is 0.114. The van der Waals surface area contributed by atoms with E-state index in [1.165, 1.54) is 23.1 Å². The maximum Gasteiger partial charge on any atom is 0.223 e. The first-order chi connectivity index (χ1) is 8.08. The number of hydrogen-bond acceptors (Lipinski definition) is 1. The zero-order chi connectivity index (χ0) is 12.4. The molecule has 1 fully saturated rings. The highest BCUT2D eigenvalue weighted by Crippen LogP contribution is 2.27. The van der Waals surface area contributed by atoms with Crippen molar-refractivity contribution in [2.45, 2.75) is 46.1 Å². The summed E-state index contributed by atoms with van der Waals surface area (Å²) in [7, 11) is 0. The molecule has 2 nitrogen and oxygen atoms in total. The Morgan fingerprint density at radius 3 is 2.65 bits per heavy atom. The van der Waals surface area contributed by atoms with E-state index >= 15 is 0 Å². The van der Waals surface area contributed by atoms with Crippen molar-refractivity contribution in [2.24, 2.45) is 5.92 Å². The number of amides is 1. The molecule has 2 rings (SSSR count). The summed E-state index contributed by atoms with van der Waals surface area (Å²) in [5, 5.41) is 3.13. The number of aryl methyl sites for hydroxylation is 2. The number of hydrogen-bond donors (Lipinski definition) is 1. The zero-order valence-electron chi connectivity index (χ0n) is 10.9. The van der Waals surface area contributed by atoms with Crippen molar-refractivity contribution in [2.75, 3.05) is 0 Å². The van der Waals surface area contributed by atoms with Gasteiger partial charge in [0.2, 0.25) is 5.91 Å². The molecule has 1 atom stereocenters. The molecule has 92 valence electrons. The second-order valence-corrected chi connectivity index (χ2v) is 5.22. The van der Waals surface area contributed by atoms with Gasteiger partial charge in [0.05, 0.1) is 6.04 Å². The molecule has 0 spiro atoms.